The highest BCUT2D eigenvalue weighted by Gasteiger charge is 2.30. The number of benzene rings is 4. The molecule has 0 aromatic heterocycles. The van der Waals surface area contributed by atoms with Crippen molar-refractivity contribution in [1.82, 2.24) is 0 Å². The van der Waals surface area contributed by atoms with Crippen LogP contribution >= 0.6 is 92.8 Å². The Bertz CT molecular complexity index is 1830. The molecule has 0 saturated carbocycles. The van der Waals surface area contributed by atoms with Crippen LogP contribution in [0.25, 0.3) is 0 Å². The van der Waals surface area contributed by atoms with Crippen molar-refractivity contribution in [2.45, 2.75) is 13.0 Å². The molecule has 8 nitrogen and oxygen atoms in total. The summed E-state index contributed by atoms with van der Waals surface area (Å²) in [5.74, 6) is -3.59. The van der Waals surface area contributed by atoms with Crippen LogP contribution in [0.3, 0.4) is 0 Å². The van der Waals surface area contributed by atoms with Crippen molar-refractivity contribution >= 4 is 111 Å². The smallest absolute Gasteiger partial charge is 0.346 e. The first kappa shape index (κ1) is 35.2. The molecule has 0 amide bonds. The minimum atomic E-state index is -1.54. The van der Waals surface area contributed by atoms with Gasteiger partial charge in [-0.15, -0.1) is 0 Å². The second-order valence-electron chi connectivity index (χ2n) is 8.93. The lowest BCUT2D eigenvalue weighted by Gasteiger charge is -2.14. The zero-order valence-corrected chi connectivity index (χ0v) is 27.9. The van der Waals surface area contributed by atoms with E-state index in [1.807, 2.05) is 0 Å². The van der Waals surface area contributed by atoms with E-state index in [9.17, 15) is 24.6 Å². The Balaban J connectivity index is 1.39. The summed E-state index contributed by atoms with van der Waals surface area (Å²) >= 11 is 48.2. The van der Waals surface area contributed by atoms with Crippen molar-refractivity contribution in [2.75, 3.05) is 0 Å². The number of carboxylic acids is 2. The van der Waals surface area contributed by atoms with Crippen molar-refractivity contribution in [1.29, 1.82) is 0 Å². The van der Waals surface area contributed by atoms with Crippen LogP contribution < -0.4 is 9.62 Å². The van der Waals surface area contributed by atoms with Crippen molar-refractivity contribution in [3.63, 3.8) is 0 Å². The zero-order chi connectivity index (χ0) is 33.2. The van der Waals surface area contributed by atoms with E-state index in [0.29, 0.717) is 12.2 Å². The van der Waals surface area contributed by atoms with E-state index in [0.717, 1.165) is 11.1 Å². The minimum Gasteiger partial charge on any atom is -0.478 e. The maximum absolute atomic E-state index is 12.8. The summed E-state index contributed by atoms with van der Waals surface area (Å²) in [6, 6.07) is 13.2. The zero-order valence-electron chi connectivity index (χ0n) is 21.9. The average molecular weight is 774 g/mol. The molecule has 0 spiro atoms. The maximum Gasteiger partial charge on any atom is 0.346 e. The van der Waals surface area contributed by atoms with E-state index in [1.165, 1.54) is 12.1 Å². The molecule has 0 unspecified atom stereocenters. The Hall–Kier alpha value is -2.63. The molecule has 16 heteroatoms. The van der Waals surface area contributed by atoms with Crippen molar-refractivity contribution < 1.29 is 39.1 Å². The Morgan fingerprint density at radius 3 is 1.44 bits per heavy atom. The number of esters is 1. The Labute approximate surface area is 294 Å². The van der Waals surface area contributed by atoms with Crippen LogP contribution in [0.2, 0.25) is 40.2 Å². The van der Waals surface area contributed by atoms with Gasteiger partial charge < -0.3 is 19.8 Å². The Kier molecular flexibility index (Phi) is 11.6. The van der Waals surface area contributed by atoms with Gasteiger partial charge in [-0.2, -0.15) is 4.89 Å². The molecular formula is C29H14Cl8O8. The third-order valence-electron chi connectivity index (χ3n) is 6.09. The molecule has 0 radical (unpaired) electrons. The van der Waals surface area contributed by atoms with Gasteiger partial charge in [-0.25, -0.2) is 14.4 Å². The third kappa shape index (κ3) is 7.68. The summed E-state index contributed by atoms with van der Waals surface area (Å²) in [6.45, 7) is -0.391. The van der Waals surface area contributed by atoms with Crippen molar-refractivity contribution in [3.05, 3.63) is 122 Å². The summed E-state index contributed by atoms with van der Waals surface area (Å²) in [6.07, 6.45) is 0.478. The van der Waals surface area contributed by atoms with Crippen molar-refractivity contribution in [2.24, 2.45) is 0 Å². The van der Waals surface area contributed by atoms with Crippen LogP contribution in [-0.2, 0) is 17.9 Å². The number of hydrogen-bond acceptors (Lipinski definition) is 6. The molecular weight excluding hydrogens is 760 g/mol. The number of carbonyl (C=O) groups is 3. The van der Waals surface area contributed by atoms with Gasteiger partial charge in [0.25, 0.3) is 0 Å². The van der Waals surface area contributed by atoms with E-state index >= 15 is 0 Å². The summed E-state index contributed by atoms with van der Waals surface area (Å²) in [4.78, 5) is 46.7. The van der Waals surface area contributed by atoms with Crippen molar-refractivity contribution in [3.8, 4) is 11.5 Å². The normalized spacial score (nSPS) is 10.9. The second kappa shape index (κ2) is 14.9. The number of carboxylic acid groups (broad SMARTS) is 2. The topological polar surface area (TPSA) is 119 Å². The van der Waals surface area contributed by atoms with Gasteiger partial charge in [0.2, 0.25) is 0 Å². The molecule has 45 heavy (non-hydrogen) atoms. The number of aromatic carboxylic acids is 2. The first-order valence-electron chi connectivity index (χ1n) is 12.1. The molecule has 0 heterocycles. The van der Waals surface area contributed by atoms with Crippen LogP contribution in [0.1, 0.15) is 47.8 Å². The molecule has 0 fully saturated rings. The summed E-state index contributed by atoms with van der Waals surface area (Å²) in [5.41, 5.74) is 0.175. The lowest BCUT2D eigenvalue weighted by atomic mass is 10.0. The average Bonchev–Trinajstić information content (AvgIpc) is 3.00. The lowest BCUT2D eigenvalue weighted by Crippen LogP contribution is -2.16. The first-order chi connectivity index (χ1) is 21.2. The van der Waals surface area contributed by atoms with Gasteiger partial charge in [-0.05, 0) is 41.8 Å². The van der Waals surface area contributed by atoms with Gasteiger partial charge in [0.15, 0.2) is 5.75 Å². The number of hydrogen-bond donors (Lipinski definition) is 2. The Morgan fingerprint density at radius 1 is 0.533 bits per heavy atom. The molecule has 0 saturated heterocycles. The van der Waals surface area contributed by atoms with Crippen LogP contribution in [0.5, 0.6) is 11.5 Å². The molecule has 0 aliphatic carbocycles. The van der Waals surface area contributed by atoms with E-state index in [-0.39, 0.29) is 47.0 Å². The van der Waals surface area contributed by atoms with E-state index in [2.05, 4.69) is 0 Å². The lowest BCUT2D eigenvalue weighted by molar-refractivity contribution is -0.217. The second-order valence-corrected chi connectivity index (χ2v) is 11.9. The SMILES string of the molecule is O=C(O)c1c(Cl)c(Cl)c(Cl)c(Cl)c1COOc1ccc(Cc2ccc(OC(=O)c3c(Cl)c(Cl)c(Cl)c(Cl)c3C(=O)O)cc2)cc1. The van der Waals surface area contributed by atoms with Gasteiger partial charge in [-0.1, -0.05) is 117 Å². The fourth-order valence-corrected chi connectivity index (χ4v) is 5.99. The van der Waals surface area contributed by atoms with Gasteiger partial charge >= 0.3 is 17.9 Å². The number of rotatable bonds is 10. The fraction of sp³-hybridized carbons (Fsp3) is 0.0690. The quantitative estimate of drug-likeness (QED) is 0.0408. The first-order valence-corrected chi connectivity index (χ1v) is 15.1. The highest BCUT2D eigenvalue weighted by molar-refractivity contribution is 6.54. The largest absolute Gasteiger partial charge is 0.478 e. The molecule has 0 bridgehead atoms. The molecule has 0 aliphatic heterocycles. The predicted molar refractivity (Wildman–Crippen MR) is 173 cm³/mol. The third-order valence-corrected chi connectivity index (χ3v) is 9.73. The molecule has 4 aromatic rings. The van der Waals surface area contributed by atoms with E-state index < -0.39 is 45.7 Å². The van der Waals surface area contributed by atoms with Gasteiger partial charge in [-0.3, -0.25) is 0 Å². The number of carbonyl (C=O) groups excluding carboxylic acids is 1. The number of halogens is 8. The van der Waals surface area contributed by atoms with E-state index in [4.69, 9.17) is 107 Å². The molecule has 0 atom stereocenters. The number of ether oxygens (including phenoxy) is 1. The van der Waals surface area contributed by atoms with Gasteiger partial charge in [0, 0.05) is 5.56 Å². The summed E-state index contributed by atoms with van der Waals surface area (Å²) in [7, 11) is 0. The minimum absolute atomic E-state index is 0.0134. The summed E-state index contributed by atoms with van der Waals surface area (Å²) < 4.78 is 5.32. The van der Waals surface area contributed by atoms with Crippen LogP contribution in [-0.4, -0.2) is 28.1 Å². The van der Waals surface area contributed by atoms with Crippen LogP contribution in [0.15, 0.2) is 48.5 Å². The highest BCUT2D eigenvalue weighted by atomic mass is 35.5. The molecule has 2 N–H and O–H groups in total. The highest BCUT2D eigenvalue weighted by Crippen LogP contribution is 2.43. The Morgan fingerprint density at radius 2 is 0.956 bits per heavy atom. The molecule has 0 aliphatic rings. The molecule has 234 valence electrons. The summed E-state index contributed by atoms with van der Waals surface area (Å²) in [5, 5.41) is 16.9. The molecule has 4 aromatic carbocycles. The maximum atomic E-state index is 12.8. The standard InChI is InChI=1S/C29H14Cl8O8/c30-19-15(16(27(38)39)20(31)24(35)23(19)34)10-43-45-14-7-3-12(4-8-14)9-11-1-5-13(6-2-11)44-29(42)18-17(28(40)41)21(32)25(36)26(37)22(18)33/h1-8H,9-10H2,(H,38,39)(H,40,41). The van der Waals surface area contributed by atoms with Gasteiger partial charge in [0.05, 0.1) is 56.9 Å². The van der Waals surface area contributed by atoms with E-state index in [1.54, 1.807) is 36.4 Å². The predicted octanol–water partition coefficient (Wildman–Crippen LogP) is 10.6. The van der Waals surface area contributed by atoms with Gasteiger partial charge in [0.1, 0.15) is 12.4 Å². The molecule has 4 rings (SSSR count). The fourth-order valence-electron chi connectivity index (χ4n) is 3.95. The van der Waals surface area contributed by atoms with Crippen LogP contribution in [0.4, 0.5) is 0 Å². The van der Waals surface area contributed by atoms with Crippen LogP contribution in [0, 0.1) is 0 Å². The monoisotopic (exact) mass is 770 g/mol.